The minimum atomic E-state index is -1.07. The number of amides is 3. The first-order valence-electron chi connectivity index (χ1n) is 11.0. The summed E-state index contributed by atoms with van der Waals surface area (Å²) in [5, 5.41) is 16.5. The van der Waals surface area contributed by atoms with Gasteiger partial charge in [0, 0.05) is 47.6 Å². The number of anilines is 1. The molecule has 3 rings (SSSR count). The van der Waals surface area contributed by atoms with E-state index < -0.39 is 35.6 Å². The van der Waals surface area contributed by atoms with Gasteiger partial charge in [0.15, 0.2) is 5.78 Å². The number of nitrogens with one attached hydrogen (secondary N) is 5. The SMILES string of the molecule is CC(=O)N[C@@H](Cc1c[nH]c2ccccc12)C(=O)N[C@@H](CCC(=O)C=N)C(=O)Nc1ccc(Cl)cc1. The highest BCUT2D eigenvalue weighted by molar-refractivity contribution is 6.30. The van der Waals surface area contributed by atoms with Crippen LogP contribution in [-0.2, 0) is 25.6 Å². The molecule has 35 heavy (non-hydrogen) atoms. The lowest BCUT2D eigenvalue weighted by atomic mass is 10.0. The number of ketones is 1. The summed E-state index contributed by atoms with van der Waals surface area (Å²) in [6.45, 7) is 1.31. The number of halogens is 1. The Balaban J connectivity index is 1.78. The predicted octanol–water partition coefficient (Wildman–Crippen LogP) is 2.99. The van der Waals surface area contributed by atoms with Gasteiger partial charge in [-0.25, -0.2) is 0 Å². The van der Waals surface area contributed by atoms with Gasteiger partial charge in [-0.15, -0.1) is 0 Å². The first-order chi connectivity index (χ1) is 16.8. The zero-order valence-corrected chi connectivity index (χ0v) is 19.8. The molecule has 3 amide bonds. The van der Waals surface area contributed by atoms with Crippen LogP contribution in [-0.4, -0.2) is 46.8 Å². The number of fused-ring (bicyclic) bond motifs is 1. The minimum absolute atomic E-state index is 0.0146. The Bertz CT molecular complexity index is 1240. The Hall–Kier alpha value is -3.98. The standard InChI is InChI=1S/C25H26ClN5O4/c1-15(32)29-23(12-16-14-28-21-5-3-2-4-20(16)21)25(35)31-22(11-10-19(33)13-27)24(34)30-18-8-6-17(26)7-9-18/h2-9,13-14,22-23,27-28H,10-12H2,1H3,(H,29,32)(H,30,34)(H,31,35)/t22-,23-/m0/s1. The lowest BCUT2D eigenvalue weighted by Crippen LogP contribution is -2.53. The molecule has 0 aliphatic rings. The van der Waals surface area contributed by atoms with Crippen LogP contribution in [0.3, 0.4) is 0 Å². The fraction of sp³-hybridized carbons (Fsp3) is 0.240. The third-order valence-electron chi connectivity index (χ3n) is 5.38. The quantitative estimate of drug-likeness (QED) is 0.260. The van der Waals surface area contributed by atoms with Crippen LogP contribution < -0.4 is 16.0 Å². The minimum Gasteiger partial charge on any atom is -0.361 e. The van der Waals surface area contributed by atoms with E-state index in [9.17, 15) is 19.2 Å². The Morgan fingerprint density at radius 2 is 1.71 bits per heavy atom. The van der Waals surface area contributed by atoms with Crippen LogP contribution in [0.5, 0.6) is 0 Å². The molecule has 9 nitrogen and oxygen atoms in total. The maximum Gasteiger partial charge on any atom is 0.246 e. The van der Waals surface area contributed by atoms with Gasteiger partial charge in [-0.3, -0.25) is 19.2 Å². The van der Waals surface area contributed by atoms with Crippen molar-refractivity contribution in [2.24, 2.45) is 0 Å². The fourth-order valence-electron chi connectivity index (χ4n) is 3.64. The van der Waals surface area contributed by atoms with E-state index in [0.717, 1.165) is 16.5 Å². The first-order valence-corrected chi connectivity index (χ1v) is 11.4. The van der Waals surface area contributed by atoms with Gasteiger partial charge < -0.3 is 26.3 Å². The predicted molar refractivity (Wildman–Crippen MR) is 135 cm³/mol. The fourth-order valence-corrected chi connectivity index (χ4v) is 3.76. The van der Waals surface area contributed by atoms with E-state index >= 15 is 0 Å². The summed E-state index contributed by atoms with van der Waals surface area (Å²) in [5.41, 5.74) is 2.19. The lowest BCUT2D eigenvalue weighted by molar-refractivity contribution is -0.130. The van der Waals surface area contributed by atoms with Crippen LogP contribution in [0, 0.1) is 5.41 Å². The molecule has 0 aliphatic heterocycles. The first kappa shape index (κ1) is 25.6. The molecule has 182 valence electrons. The highest BCUT2D eigenvalue weighted by atomic mass is 35.5. The van der Waals surface area contributed by atoms with Crippen molar-refractivity contribution in [1.29, 1.82) is 5.41 Å². The van der Waals surface area contributed by atoms with Crippen molar-refractivity contribution >= 4 is 57.9 Å². The Morgan fingerprint density at radius 3 is 2.40 bits per heavy atom. The van der Waals surface area contributed by atoms with E-state index in [4.69, 9.17) is 17.0 Å². The largest absolute Gasteiger partial charge is 0.361 e. The third-order valence-corrected chi connectivity index (χ3v) is 5.63. The van der Waals surface area contributed by atoms with E-state index in [2.05, 4.69) is 20.9 Å². The second-order valence-electron chi connectivity index (χ2n) is 8.02. The second kappa shape index (κ2) is 11.9. The normalized spacial score (nSPS) is 12.4. The van der Waals surface area contributed by atoms with Crippen molar-refractivity contribution in [2.75, 3.05) is 5.32 Å². The number of Topliss-reactive ketones (excluding diaryl/α,β-unsaturated/α-hetero) is 1. The van der Waals surface area contributed by atoms with Gasteiger partial charge >= 0.3 is 0 Å². The molecule has 2 atom stereocenters. The molecule has 3 aromatic rings. The van der Waals surface area contributed by atoms with E-state index in [1.54, 1.807) is 30.5 Å². The molecule has 2 aromatic carbocycles. The number of H-pyrrole nitrogens is 1. The van der Waals surface area contributed by atoms with Crippen molar-refractivity contribution < 1.29 is 19.2 Å². The molecular weight excluding hydrogens is 470 g/mol. The zero-order chi connectivity index (χ0) is 25.4. The van der Waals surface area contributed by atoms with Gasteiger partial charge in [0.25, 0.3) is 0 Å². The van der Waals surface area contributed by atoms with Crippen molar-refractivity contribution in [1.82, 2.24) is 15.6 Å². The highest BCUT2D eigenvalue weighted by Crippen LogP contribution is 2.19. The molecule has 0 unspecified atom stereocenters. The van der Waals surface area contributed by atoms with Crippen molar-refractivity contribution in [3.8, 4) is 0 Å². The molecule has 0 aliphatic carbocycles. The van der Waals surface area contributed by atoms with Gasteiger partial charge in [-0.1, -0.05) is 29.8 Å². The summed E-state index contributed by atoms with van der Waals surface area (Å²) in [5.74, 6) is -1.97. The molecule has 10 heteroatoms. The smallest absolute Gasteiger partial charge is 0.246 e. The van der Waals surface area contributed by atoms with E-state index in [-0.39, 0.29) is 19.3 Å². The molecular formula is C25H26ClN5O4. The summed E-state index contributed by atoms with van der Waals surface area (Å²) in [6.07, 6.45) is 2.53. The second-order valence-corrected chi connectivity index (χ2v) is 8.46. The monoisotopic (exact) mass is 495 g/mol. The average molecular weight is 496 g/mol. The number of carbonyl (C=O) groups excluding carboxylic acids is 4. The third kappa shape index (κ3) is 7.25. The van der Waals surface area contributed by atoms with Crippen molar-refractivity contribution in [2.45, 2.75) is 38.3 Å². The molecule has 0 bridgehead atoms. The number of aromatic nitrogens is 1. The summed E-state index contributed by atoms with van der Waals surface area (Å²) in [6, 6.07) is 12.0. The van der Waals surface area contributed by atoms with Gasteiger partial charge in [-0.05, 0) is 42.3 Å². The van der Waals surface area contributed by atoms with E-state index in [1.165, 1.54) is 6.92 Å². The number of hydrogen-bond donors (Lipinski definition) is 5. The molecule has 0 fully saturated rings. The van der Waals surface area contributed by atoms with Crippen LogP contribution in [0.1, 0.15) is 25.3 Å². The summed E-state index contributed by atoms with van der Waals surface area (Å²) < 4.78 is 0. The van der Waals surface area contributed by atoms with Crippen LogP contribution >= 0.6 is 11.6 Å². The number of benzene rings is 2. The number of hydrogen-bond acceptors (Lipinski definition) is 5. The summed E-state index contributed by atoms with van der Waals surface area (Å²) in [4.78, 5) is 52.8. The summed E-state index contributed by atoms with van der Waals surface area (Å²) in [7, 11) is 0. The molecule has 1 aromatic heterocycles. The molecule has 1 heterocycles. The Labute approximate surface area is 207 Å². The van der Waals surface area contributed by atoms with E-state index in [0.29, 0.717) is 16.9 Å². The number of carbonyl (C=O) groups is 4. The van der Waals surface area contributed by atoms with Crippen LogP contribution in [0.15, 0.2) is 54.7 Å². The zero-order valence-electron chi connectivity index (χ0n) is 19.1. The van der Waals surface area contributed by atoms with Crippen molar-refractivity contribution in [3.05, 3.63) is 65.3 Å². The Morgan fingerprint density at radius 1 is 1.00 bits per heavy atom. The maximum absolute atomic E-state index is 13.2. The van der Waals surface area contributed by atoms with Crippen LogP contribution in [0.2, 0.25) is 5.02 Å². The molecule has 0 saturated carbocycles. The van der Waals surface area contributed by atoms with Gasteiger partial charge in [0.1, 0.15) is 12.1 Å². The van der Waals surface area contributed by atoms with Gasteiger partial charge in [0.2, 0.25) is 17.7 Å². The average Bonchev–Trinajstić information content (AvgIpc) is 3.24. The van der Waals surface area contributed by atoms with Gasteiger partial charge in [-0.2, -0.15) is 0 Å². The number of aromatic amines is 1. The lowest BCUT2D eigenvalue weighted by Gasteiger charge is -2.23. The van der Waals surface area contributed by atoms with Crippen LogP contribution in [0.4, 0.5) is 5.69 Å². The maximum atomic E-state index is 13.2. The summed E-state index contributed by atoms with van der Waals surface area (Å²) >= 11 is 5.89. The molecule has 5 N–H and O–H groups in total. The van der Waals surface area contributed by atoms with E-state index in [1.807, 2.05) is 24.3 Å². The Kier molecular flexibility index (Phi) is 8.74. The molecule has 0 saturated heterocycles. The van der Waals surface area contributed by atoms with Crippen molar-refractivity contribution in [3.63, 3.8) is 0 Å². The van der Waals surface area contributed by atoms with Gasteiger partial charge in [0.05, 0.1) is 6.21 Å². The number of para-hydroxylation sites is 1. The topological polar surface area (TPSA) is 144 Å². The highest BCUT2D eigenvalue weighted by Gasteiger charge is 2.27. The number of rotatable bonds is 11. The van der Waals surface area contributed by atoms with Crippen LogP contribution in [0.25, 0.3) is 10.9 Å². The molecule has 0 spiro atoms. The molecule has 0 radical (unpaired) electrons.